The van der Waals surface area contributed by atoms with Crippen LogP contribution in [-0.4, -0.2) is 41.5 Å². The minimum Gasteiger partial charge on any atom is -0.491 e. The number of benzene rings is 1. The highest BCUT2D eigenvalue weighted by molar-refractivity contribution is 6.14. The number of cyclic esters (lactones) is 2. The second-order valence-electron chi connectivity index (χ2n) is 3.53. The lowest BCUT2D eigenvalue weighted by Crippen LogP contribution is -2.21. The number of carbonyl (C=O) groups is 2. The van der Waals surface area contributed by atoms with Crippen LogP contribution in [-0.2, 0) is 4.74 Å². The first-order chi connectivity index (χ1) is 8.11. The molecule has 0 aliphatic carbocycles. The van der Waals surface area contributed by atoms with Gasteiger partial charge in [0, 0.05) is 0 Å². The van der Waals surface area contributed by atoms with Crippen molar-refractivity contribution in [2.24, 2.45) is 0 Å². The van der Waals surface area contributed by atoms with Gasteiger partial charge in [-0.1, -0.05) is 0 Å². The van der Waals surface area contributed by atoms with Gasteiger partial charge < -0.3 is 19.7 Å². The lowest BCUT2D eigenvalue weighted by Gasteiger charge is -2.09. The number of hydrogen-bond acceptors (Lipinski definition) is 6. The fraction of sp³-hybridized carbons (Fsp3) is 0.273. The Morgan fingerprint density at radius 1 is 1.24 bits per heavy atom. The summed E-state index contributed by atoms with van der Waals surface area (Å²) >= 11 is 0. The molecule has 0 saturated carbocycles. The fourth-order valence-electron chi connectivity index (χ4n) is 1.40. The maximum absolute atomic E-state index is 11.2. The first kappa shape index (κ1) is 11.6. The van der Waals surface area contributed by atoms with Crippen molar-refractivity contribution >= 4 is 11.9 Å². The Morgan fingerprint density at radius 3 is 2.65 bits per heavy atom. The third-order valence-electron chi connectivity index (χ3n) is 2.27. The molecule has 0 radical (unpaired) electrons. The van der Waals surface area contributed by atoms with Crippen LogP contribution >= 0.6 is 0 Å². The third kappa shape index (κ3) is 2.27. The predicted octanol–water partition coefficient (Wildman–Crippen LogP) is -0.271. The molecule has 1 unspecified atom stereocenters. The zero-order valence-corrected chi connectivity index (χ0v) is 8.75. The summed E-state index contributed by atoms with van der Waals surface area (Å²) in [4.78, 5) is 22.4. The van der Waals surface area contributed by atoms with Crippen LogP contribution in [0.1, 0.15) is 20.7 Å². The topological polar surface area (TPSA) is 93.1 Å². The Kier molecular flexibility index (Phi) is 3.08. The lowest BCUT2D eigenvalue weighted by molar-refractivity contribution is 0.0443. The van der Waals surface area contributed by atoms with Crippen LogP contribution in [0.4, 0.5) is 0 Å². The molecule has 0 fully saturated rings. The Hall–Kier alpha value is -1.92. The first-order valence-electron chi connectivity index (χ1n) is 4.94. The Morgan fingerprint density at radius 2 is 1.94 bits per heavy atom. The fourth-order valence-corrected chi connectivity index (χ4v) is 1.40. The normalized spacial score (nSPS) is 15.4. The van der Waals surface area contributed by atoms with Crippen LogP contribution in [0, 0.1) is 0 Å². The van der Waals surface area contributed by atoms with E-state index in [-0.39, 0.29) is 17.7 Å². The maximum atomic E-state index is 11.2. The van der Waals surface area contributed by atoms with E-state index < -0.39 is 24.6 Å². The minimum atomic E-state index is -0.989. The number of aliphatic hydroxyl groups excluding tert-OH is 2. The minimum absolute atomic E-state index is 0.0989. The highest BCUT2D eigenvalue weighted by Gasteiger charge is 2.29. The van der Waals surface area contributed by atoms with Crippen molar-refractivity contribution in [2.75, 3.05) is 13.2 Å². The summed E-state index contributed by atoms with van der Waals surface area (Å²) in [7, 11) is 0. The average Bonchev–Trinajstić information content (AvgIpc) is 2.62. The molecule has 2 N–H and O–H groups in total. The van der Waals surface area contributed by atoms with Crippen LogP contribution in [0.5, 0.6) is 5.75 Å². The molecule has 0 bridgehead atoms. The van der Waals surface area contributed by atoms with Gasteiger partial charge in [-0.25, -0.2) is 9.59 Å². The average molecular weight is 238 g/mol. The van der Waals surface area contributed by atoms with E-state index in [2.05, 4.69) is 4.74 Å². The molecule has 0 amide bonds. The van der Waals surface area contributed by atoms with Gasteiger partial charge in [0.15, 0.2) is 0 Å². The van der Waals surface area contributed by atoms with E-state index in [1.54, 1.807) is 0 Å². The number of fused-ring (bicyclic) bond motifs is 1. The Bertz CT molecular complexity index is 467. The molecule has 6 nitrogen and oxygen atoms in total. The van der Waals surface area contributed by atoms with E-state index in [1.165, 1.54) is 18.2 Å². The van der Waals surface area contributed by atoms with Crippen LogP contribution in [0.15, 0.2) is 18.2 Å². The third-order valence-corrected chi connectivity index (χ3v) is 2.27. The van der Waals surface area contributed by atoms with Crippen molar-refractivity contribution in [3.63, 3.8) is 0 Å². The zero-order chi connectivity index (χ0) is 12.4. The summed E-state index contributed by atoms with van der Waals surface area (Å²) in [6.07, 6.45) is -0.989. The molecule has 0 aromatic heterocycles. The summed E-state index contributed by atoms with van der Waals surface area (Å²) in [5, 5.41) is 17.7. The molecule has 17 heavy (non-hydrogen) atoms. The van der Waals surface area contributed by atoms with E-state index in [4.69, 9.17) is 14.9 Å². The number of rotatable bonds is 4. The van der Waals surface area contributed by atoms with Crippen molar-refractivity contribution in [3.05, 3.63) is 29.3 Å². The van der Waals surface area contributed by atoms with Gasteiger partial charge in [-0.05, 0) is 18.2 Å². The van der Waals surface area contributed by atoms with Gasteiger partial charge in [0.25, 0.3) is 0 Å². The number of aliphatic hydroxyl groups is 2. The van der Waals surface area contributed by atoms with Crippen molar-refractivity contribution < 1.29 is 29.3 Å². The molecule has 1 aromatic rings. The SMILES string of the molecule is O=C1OC(=O)c2cc(OCC(O)CO)ccc21. The van der Waals surface area contributed by atoms with E-state index >= 15 is 0 Å². The first-order valence-corrected chi connectivity index (χ1v) is 4.94. The summed E-state index contributed by atoms with van der Waals surface area (Å²) in [5.41, 5.74) is 0.344. The van der Waals surface area contributed by atoms with Crippen molar-refractivity contribution in [2.45, 2.75) is 6.10 Å². The van der Waals surface area contributed by atoms with Crippen LogP contribution < -0.4 is 4.74 Å². The molecule has 1 aliphatic heterocycles. The van der Waals surface area contributed by atoms with Crippen molar-refractivity contribution in [1.82, 2.24) is 0 Å². The van der Waals surface area contributed by atoms with E-state index in [0.717, 1.165) is 0 Å². The molecule has 6 heteroatoms. The molecule has 0 spiro atoms. The van der Waals surface area contributed by atoms with Crippen molar-refractivity contribution in [1.29, 1.82) is 0 Å². The van der Waals surface area contributed by atoms with E-state index in [9.17, 15) is 9.59 Å². The van der Waals surface area contributed by atoms with E-state index in [1.807, 2.05) is 0 Å². The molecule has 0 saturated heterocycles. The molecule has 2 rings (SSSR count). The summed E-state index contributed by atoms with van der Waals surface area (Å²) < 4.78 is 9.55. The van der Waals surface area contributed by atoms with Gasteiger partial charge in [-0.2, -0.15) is 0 Å². The second-order valence-corrected chi connectivity index (χ2v) is 3.53. The second kappa shape index (κ2) is 4.52. The van der Waals surface area contributed by atoms with Crippen LogP contribution in [0.2, 0.25) is 0 Å². The number of esters is 2. The molecule has 90 valence electrons. The summed E-state index contributed by atoms with van der Waals surface area (Å²) in [6, 6.07) is 4.28. The Balaban J connectivity index is 2.14. The van der Waals surface area contributed by atoms with Gasteiger partial charge in [0.2, 0.25) is 0 Å². The molecule has 1 atom stereocenters. The molecular weight excluding hydrogens is 228 g/mol. The lowest BCUT2D eigenvalue weighted by atomic mass is 10.1. The molecular formula is C11H10O6. The molecule has 1 heterocycles. The van der Waals surface area contributed by atoms with Gasteiger partial charge in [0.05, 0.1) is 17.7 Å². The summed E-state index contributed by atoms with van der Waals surface area (Å²) in [6.45, 7) is -0.510. The predicted molar refractivity (Wildman–Crippen MR) is 54.8 cm³/mol. The smallest absolute Gasteiger partial charge is 0.347 e. The van der Waals surface area contributed by atoms with Crippen LogP contribution in [0.25, 0.3) is 0 Å². The zero-order valence-electron chi connectivity index (χ0n) is 8.75. The highest BCUT2D eigenvalue weighted by atomic mass is 16.6. The van der Waals surface area contributed by atoms with Crippen molar-refractivity contribution in [3.8, 4) is 5.75 Å². The highest BCUT2D eigenvalue weighted by Crippen LogP contribution is 2.24. The Labute approximate surface area is 96.4 Å². The number of hydrogen-bond donors (Lipinski definition) is 2. The largest absolute Gasteiger partial charge is 0.491 e. The van der Waals surface area contributed by atoms with Gasteiger partial charge in [-0.15, -0.1) is 0 Å². The van der Waals surface area contributed by atoms with Gasteiger partial charge in [-0.3, -0.25) is 0 Å². The molecule has 1 aromatic carbocycles. The number of carbonyl (C=O) groups excluding carboxylic acids is 2. The molecule has 1 aliphatic rings. The number of ether oxygens (including phenoxy) is 2. The van der Waals surface area contributed by atoms with Gasteiger partial charge in [0.1, 0.15) is 18.5 Å². The monoisotopic (exact) mass is 238 g/mol. The van der Waals surface area contributed by atoms with Crippen LogP contribution in [0.3, 0.4) is 0 Å². The quantitative estimate of drug-likeness (QED) is 0.554. The van der Waals surface area contributed by atoms with Gasteiger partial charge >= 0.3 is 11.9 Å². The maximum Gasteiger partial charge on any atom is 0.347 e. The summed E-state index contributed by atoms with van der Waals surface area (Å²) in [5.74, 6) is -1.06. The van der Waals surface area contributed by atoms with E-state index in [0.29, 0.717) is 5.75 Å². The standard InChI is InChI=1S/C11H10O6/c12-4-6(13)5-16-7-1-2-8-9(3-7)11(15)17-10(8)14/h1-3,6,12-13H,4-5H2.